The second-order valence-electron chi connectivity index (χ2n) is 6.39. The topological polar surface area (TPSA) is 135 Å². The molecule has 0 aliphatic carbocycles. The van der Waals surface area contributed by atoms with Crippen LogP contribution in [0.25, 0.3) is 0 Å². The lowest BCUT2D eigenvalue weighted by Crippen LogP contribution is -2.30. The van der Waals surface area contributed by atoms with Gasteiger partial charge in [-0.05, 0) is 35.7 Å². The van der Waals surface area contributed by atoms with Crippen LogP contribution in [0.3, 0.4) is 0 Å². The summed E-state index contributed by atoms with van der Waals surface area (Å²) in [4.78, 5) is 34.8. The zero-order valence-corrected chi connectivity index (χ0v) is 15.8. The molecule has 0 aliphatic rings. The Kier molecular flexibility index (Phi) is 5.93. The summed E-state index contributed by atoms with van der Waals surface area (Å²) < 4.78 is 0. The number of carbonyl (C=O) groups is 1. The summed E-state index contributed by atoms with van der Waals surface area (Å²) in [5, 5.41) is 14.5. The number of nitro groups is 1. The lowest BCUT2D eigenvalue weighted by molar-refractivity contribution is -0.383. The molecule has 3 rings (SSSR count). The second-order valence-corrected chi connectivity index (χ2v) is 6.39. The van der Waals surface area contributed by atoms with Crippen molar-refractivity contribution in [2.45, 2.75) is 19.8 Å². The number of nitrogens with one attached hydrogen (secondary N) is 3. The molecule has 0 unspecified atom stereocenters. The molecule has 0 saturated heterocycles. The van der Waals surface area contributed by atoms with Gasteiger partial charge in [0.1, 0.15) is 6.33 Å². The molecule has 3 N–H and O–H groups in total. The van der Waals surface area contributed by atoms with Gasteiger partial charge in [-0.15, -0.1) is 0 Å². The zero-order chi connectivity index (χ0) is 20.8. The van der Waals surface area contributed by atoms with Gasteiger partial charge < -0.3 is 5.32 Å². The fourth-order valence-corrected chi connectivity index (χ4v) is 2.51. The van der Waals surface area contributed by atoms with Gasteiger partial charge in [-0.3, -0.25) is 30.7 Å². The van der Waals surface area contributed by atoms with Crippen molar-refractivity contribution >= 4 is 28.9 Å². The van der Waals surface area contributed by atoms with Crippen molar-refractivity contribution < 1.29 is 9.72 Å². The predicted molar refractivity (Wildman–Crippen MR) is 108 cm³/mol. The number of nitrogens with zero attached hydrogens (tertiary/aromatic N) is 4. The van der Waals surface area contributed by atoms with Crippen LogP contribution in [0.2, 0.25) is 0 Å². The van der Waals surface area contributed by atoms with Crippen LogP contribution in [0.5, 0.6) is 0 Å². The molecule has 0 radical (unpaired) electrons. The van der Waals surface area contributed by atoms with Crippen molar-refractivity contribution in [3.63, 3.8) is 0 Å². The van der Waals surface area contributed by atoms with Crippen molar-refractivity contribution in [1.82, 2.24) is 20.4 Å². The molecule has 1 aromatic carbocycles. The second kappa shape index (κ2) is 8.74. The largest absolute Gasteiger partial charge is 0.355 e. The Balaban J connectivity index is 1.80. The van der Waals surface area contributed by atoms with Crippen molar-refractivity contribution in [2.75, 3.05) is 10.7 Å². The molecular weight excluding hydrogens is 374 g/mol. The summed E-state index contributed by atoms with van der Waals surface area (Å²) in [6.45, 7) is 4.16. The highest BCUT2D eigenvalue weighted by Crippen LogP contribution is 2.31. The van der Waals surface area contributed by atoms with Crippen LogP contribution in [-0.4, -0.2) is 25.8 Å². The van der Waals surface area contributed by atoms with E-state index >= 15 is 0 Å². The van der Waals surface area contributed by atoms with Gasteiger partial charge in [0.15, 0.2) is 0 Å². The van der Waals surface area contributed by atoms with Gasteiger partial charge in [-0.1, -0.05) is 26.0 Å². The van der Waals surface area contributed by atoms with Crippen LogP contribution < -0.4 is 16.2 Å². The first kappa shape index (κ1) is 19.7. The lowest BCUT2D eigenvalue weighted by atomic mass is 10.0. The first-order valence-corrected chi connectivity index (χ1v) is 8.78. The SMILES string of the molecule is CC(C)c1ccc(Nc2ncnc(NNC(=O)c3ccncc3)c2[N+](=O)[O-])cc1. The number of anilines is 3. The number of benzene rings is 1. The molecule has 0 bridgehead atoms. The minimum Gasteiger partial charge on any atom is -0.334 e. The average Bonchev–Trinajstić information content (AvgIpc) is 2.73. The third-order valence-electron chi connectivity index (χ3n) is 4.08. The molecular formula is C19H19N7O3. The maximum Gasteiger partial charge on any atom is 0.355 e. The number of carbonyl (C=O) groups excluding carboxylic acids is 1. The van der Waals surface area contributed by atoms with Crippen LogP contribution in [0.15, 0.2) is 55.1 Å². The molecule has 29 heavy (non-hydrogen) atoms. The molecule has 0 spiro atoms. The van der Waals surface area contributed by atoms with Gasteiger partial charge in [-0.2, -0.15) is 0 Å². The molecule has 10 heteroatoms. The van der Waals surface area contributed by atoms with E-state index in [1.54, 1.807) is 0 Å². The van der Waals surface area contributed by atoms with Gasteiger partial charge in [0.2, 0.25) is 11.6 Å². The Morgan fingerprint density at radius 1 is 1.03 bits per heavy atom. The fourth-order valence-electron chi connectivity index (χ4n) is 2.51. The summed E-state index contributed by atoms with van der Waals surface area (Å²) in [7, 11) is 0. The van der Waals surface area contributed by atoms with Crippen LogP contribution in [0.1, 0.15) is 35.7 Å². The van der Waals surface area contributed by atoms with Crippen molar-refractivity contribution in [3.05, 3.63) is 76.4 Å². The highest BCUT2D eigenvalue weighted by Gasteiger charge is 2.23. The van der Waals surface area contributed by atoms with Gasteiger partial charge >= 0.3 is 5.69 Å². The van der Waals surface area contributed by atoms with Gasteiger partial charge in [-0.25, -0.2) is 9.97 Å². The van der Waals surface area contributed by atoms with Crippen molar-refractivity contribution in [3.8, 4) is 0 Å². The van der Waals surface area contributed by atoms with Crippen molar-refractivity contribution in [1.29, 1.82) is 0 Å². The summed E-state index contributed by atoms with van der Waals surface area (Å²) in [5.74, 6) is -0.256. The van der Waals surface area contributed by atoms with Crippen LogP contribution >= 0.6 is 0 Å². The standard InChI is InChI=1S/C19H19N7O3/c1-12(2)13-3-5-15(6-4-13)23-17-16(26(28)29)18(22-11-21-17)24-25-19(27)14-7-9-20-10-8-14/h3-12H,1-2H3,(H,25,27)(H2,21,22,23,24). The molecule has 2 heterocycles. The molecule has 0 fully saturated rings. The molecule has 1 amide bonds. The van der Waals surface area contributed by atoms with Gasteiger partial charge in [0.25, 0.3) is 5.91 Å². The van der Waals surface area contributed by atoms with E-state index in [0.29, 0.717) is 17.2 Å². The molecule has 10 nitrogen and oxygen atoms in total. The number of aromatic nitrogens is 3. The van der Waals surface area contributed by atoms with Gasteiger partial charge in [0.05, 0.1) is 4.92 Å². The van der Waals surface area contributed by atoms with Crippen LogP contribution in [0, 0.1) is 10.1 Å². The first-order valence-electron chi connectivity index (χ1n) is 8.78. The maximum atomic E-state index is 12.1. The van der Waals surface area contributed by atoms with E-state index in [1.807, 2.05) is 24.3 Å². The maximum absolute atomic E-state index is 12.1. The fraction of sp³-hybridized carbons (Fsp3) is 0.158. The Morgan fingerprint density at radius 3 is 2.31 bits per heavy atom. The minimum atomic E-state index is -0.619. The van der Waals surface area contributed by atoms with E-state index in [0.717, 1.165) is 5.56 Å². The van der Waals surface area contributed by atoms with Crippen LogP contribution in [-0.2, 0) is 0 Å². The number of pyridine rings is 1. The molecule has 148 valence electrons. The predicted octanol–water partition coefficient (Wildman–Crippen LogP) is 3.40. The number of rotatable bonds is 7. The Bertz CT molecular complexity index is 1010. The highest BCUT2D eigenvalue weighted by atomic mass is 16.6. The summed E-state index contributed by atoms with van der Waals surface area (Å²) in [5.41, 5.74) is 6.61. The Hall–Kier alpha value is -4.08. The van der Waals surface area contributed by atoms with E-state index in [9.17, 15) is 14.9 Å². The molecule has 0 aliphatic heterocycles. The molecule has 0 atom stereocenters. The Morgan fingerprint density at radius 2 is 1.69 bits per heavy atom. The molecule has 3 aromatic rings. The summed E-state index contributed by atoms with van der Waals surface area (Å²) in [6, 6.07) is 10.5. The van der Waals surface area contributed by atoms with E-state index in [2.05, 4.69) is 45.0 Å². The number of hydrogen-bond donors (Lipinski definition) is 3. The highest BCUT2D eigenvalue weighted by molar-refractivity contribution is 5.94. The number of hydrogen-bond acceptors (Lipinski definition) is 8. The van der Waals surface area contributed by atoms with Crippen molar-refractivity contribution in [2.24, 2.45) is 0 Å². The quantitative estimate of drug-likeness (QED) is 0.410. The lowest BCUT2D eigenvalue weighted by Gasteiger charge is -2.11. The molecule has 2 aromatic heterocycles. The smallest absolute Gasteiger partial charge is 0.334 e. The summed E-state index contributed by atoms with van der Waals surface area (Å²) >= 11 is 0. The minimum absolute atomic E-state index is 0.00274. The monoisotopic (exact) mass is 393 g/mol. The number of hydrazine groups is 1. The average molecular weight is 393 g/mol. The Labute approximate surface area is 166 Å². The van der Waals surface area contributed by atoms with E-state index in [1.165, 1.54) is 30.9 Å². The van der Waals surface area contributed by atoms with Crippen LogP contribution in [0.4, 0.5) is 23.0 Å². The van der Waals surface area contributed by atoms with E-state index in [4.69, 9.17) is 0 Å². The zero-order valence-electron chi connectivity index (χ0n) is 15.8. The van der Waals surface area contributed by atoms with E-state index < -0.39 is 16.5 Å². The van der Waals surface area contributed by atoms with Gasteiger partial charge in [0, 0.05) is 23.6 Å². The third-order valence-corrected chi connectivity index (χ3v) is 4.08. The normalized spacial score (nSPS) is 10.4. The third kappa shape index (κ3) is 4.80. The van der Waals surface area contributed by atoms with E-state index in [-0.39, 0.29) is 11.6 Å². The molecule has 0 saturated carbocycles. The first-order chi connectivity index (χ1) is 14.0. The number of amides is 1. The summed E-state index contributed by atoms with van der Waals surface area (Å²) in [6.07, 6.45) is 4.10.